The lowest BCUT2D eigenvalue weighted by Gasteiger charge is -2.07. The van der Waals surface area contributed by atoms with Gasteiger partial charge in [0, 0.05) is 33.1 Å². The minimum absolute atomic E-state index is 0.0987. The third-order valence-electron chi connectivity index (χ3n) is 5.18. The molecule has 0 bridgehead atoms. The van der Waals surface area contributed by atoms with E-state index in [4.69, 9.17) is 16.7 Å². The fraction of sp³-hybridized carbons (Fsp3) is 0.160. The van der Waals surface area contributed by atoms with Gasteiger partial charge in [-0.1, -0.05) is 41.9 Å². The van der Waals surface area contributed by atoms with Crippen molar-refractivity contribution in [3.8, 4) is 11.1 Å². The van der Waals surface area contributed by atoms with E-state index in [0.29, 0.717) is 17.0 Å². The molecule has 3 nitrogen and oxygen atoms in total. The molecule has 0 spiro atoms. The van der Waals surface area contributed by atoms with Gasteiger partial charge in [-0.05, 0) is 64.9 Å². The van der Waals surface area contributed by atoms with Gasteiger partial charge < -0.3 is 10.4 Å². The van der Waals surface area contributed by atoms with E-state index in [-0.39, 0.29) is 24.9 Å². The largest absolute Gasteiger partial charge is 0.395 e. The van der Waals surface area contributed by atoms with E-state index in [1.165, 1.54) is 17.7 Å². The van der Waals surface area contributed by atoms with Crippen molar-refractivity contribution in [1.29, 1.82) is 0 Å². The highest BCUT2D eigenvalue weighted by molar-refractivity contribution is 7.19. The SMILES string of the molecule is Cc1c(Cc2cc(F)cc(Cl)c2)sc2c(-c3cccc(C(=O)NCCO)c3)cccc12. The van der Waals surface area contributed by atoms with Crippen LogP contribution in [0, 0.1) is 12.7 Å². The third kappa shape index (κ3) is 4.64. The number of hydrogen-bond donors (Lipinski definition) is 2. The van der Waals surface area contributed by atoms with Crippen molar-refractivity contribution in [3.63, 3.8) is 0 Å². The molecule has 1 amide bonds. The second-order valence-corrected chi connectivity index (χ2v) is 8.89. The molecule has 0 aliphatic carbocycles. The average molecular weight is 454 g/mol. The Hall–Kier alpha value is -2.73. The summed E-state index contributed by atoms with van der Waals surface area (Å²) in [5.74, 6) is -0.549. The molecule has 4 rings (SSSR count). The Kier molecular flexibility index (Phi) is 6.37. The predicted octanol–water partition coefficient (Wildman–Crippen LogP) is 5.98. The minimum Gasteiger partial charge on any atom is -0.395 e. The number of halogens is 2. The van der Waals surface area contributed by atoms with Gasteiger partial charge >= 0.3 is 0 Å². The molecule has 0 saturated heterocycles. The van der Waals surface area contributed by atoms with E-state index >= 15 is 0 Å². The zero-order valence-corrected chi connectivity index (χ0v) is 18.5. The first-order valence-electron chi connectivity index (χ1n) is 9.91. The van der Waals surface area contributed by atoms with E-state index in [9.17, 15) is 9.18 Å². The first-order valence-corrected chi connectivity index (χ1v) is 11.1. The van der Waals surface area contributed by atoms with Crippen LogP contribution in [0.4, 0.5) is 4.39 Å². The van der Waals surface area contributed by atoms with Crippen LogP contribution < -0.4 is 5.32 Å². The summed E-state index contributed by atoms with van der Waals surface area (Å²) in [6.45, 7) is 2.20. The number of nitrogens with one attached hydrogen (secondary N) is 1. The molecule has 1 aromatic heterocycles. The standard InChI is InChI=1S/C25H21ClFNO2S/c1-15-21-6-3-7-22(17-4-2-5-18(13-17)25(30)28-8-9-29)24(21)31-23(15)12-16-10-19(26)14-20(27)11-16/h2-7,10-11,13-14,29H,8-9,12H2,1H3,(H,28,30). The normalized spacial score (nSPS) is 11.1. The summed E-state index contributed by atoms with van der Waals surface area (Å²) in [5, 5.41) is 13.2. The molecule has 0 aliphatic heterocycles. The van der Waals surface area contributed by atoms with E-state index in [1.807, 2.05) is 30.3 Å². The Morgan fingerprint density at radius 3 is 2.71 bits per heavy atom. The van der Waals surface area contributed by atoms with Gasteiger partial charge in [0.1, 0.15) is 5.82 Å². The number of aliphatic hydroxyl groups is 1. The molecular weight excluding hydrogens is 433 g/mol. The molecule has 6 heteroatoms. The van der Waals surface area contributed by atoms with Crippen LogP contribution in [0.5, 0.6) is 0 Å². The second kappa shape index (κ2) is 9.18. The monoisotopic (exact) mass is 453 g/mol. The summed E-state index contributed by atoms with van der Waals surface area (Å²) in [5.41, 5.74) is 4.54. The Bertz CT molecular complexity index is 1250. The predicted molar refractivity (Wildman–Crippen MR) is 126 cm³/mol. The van der Waals surface area contributed by atoms with E-state index in [1.54, 1.807) is 23.5 Å². The summed E-state index contributed by atoms with van der Waals surface area (Å²) in [6, 6.07) is 18.2. The first-order chi connectivity index (χ1) is 15.0. The number of fused-ring (bicyclic) bond motifs is 1. The van der Waals surface area contributed by atoms with Crippen molar-refractivity contribution in [1.82, 2.24) is 5.32 Å². The number of thiophene rings is 1. The van der Waals surface area contributed by atoms with Crippen molar-refractivity contribution in [3.05, 3.63) is 93.1 Å². The van der Waals surface area contributed by atoms with Crippen molar-refractivity contribution < 1.29 is 14.3 Å². The highest BCUT2D eigenvalue weighted by Gasteiger charge is 2.15. The van der Waals surface area contributed by atoms with Gasteiger partial charge in [0.2, 0.25) is 0 Å². The smallest absolute Gasteiger partial charge is 0.251 e. The zero-order valence-electron chi connectivity index (χ0n) is 16.9. The number of hydrogen-bond acceptors (Lipinski definition) is 3. The molecule has 0 atom stereocenters. The summed E-state index contributed by atoms with van der Waals surface area (Å²) in [4.78, 5) is 13.5. The number of benzene rings is 3. The maximum absolute atomic E-state index is 13.8. The summed E-state index contributed by atoms with van der Waals surface area (Å²) in [7, 11) is 0. The molecule has 0 radical (unpaired) electrons. The lowest BCUT2D eigenvalue weighted by atomic mass is 9.99. The molecule has 31 heavy (non-hydrogen) atoms. The first kappa shape index (κ1) is 21.5. The molecule has 158 valence electrons. The second-order valence-electron chi connectivity index (χ2n) is 7.35. The number of carbonyl (C=O) groups excluding carboxylic acids is 1. The average Bonchev–Trinajstić information content (AvgIpc) is 3.07. The van der Waals surface area contributed by atoms with Crippen molar-refractivity contribution in [2.24, 2.45) is 0 Å². The lowest BCUT2D eigenvalue weighted by molar-refractivity contribution is 0.0945. The molecular formula is C25H21ClFNO2S. The van der Waals surface area contributed by atoms with Gasteiger partial charge in [-0.25, -0.2) is 4.39 Å². The van der Waals surface area contributed by atoms with E-state index in [2.05, 4.69) is 18.3 Å². The van der Waals surface area contributed by atoms with Gasteiger partial charge in [0.25, 0.3) is 5.91 Å². The van der Waals surface area contributed by atoms with Crippen LogP contribution in [0.15, 0.2) is 60.7 Å². The van der Waals surface area contributed by atoms with Gasteiger partial charge in [-0.3, -0.25) is 4.79 Å². The Balaban J connectivity index is 1.73. The lowest BCUT2D eigenvalue weighted by Crippen LogP contribution is -2.26. The molecule has 3 aromatic carbocycles. The van der Waals surface area contributed by atoms with Crippen LogP contribution in [0.2, 0.25) is 5.02 Å². The minimum atomic E-state index is -0.335. The molecule has 1 heterocycles. The summed E-state index contributed by atoms with van der Waals surface area (Å²) < 4.78 is 14.9. The van der Waals surface area contributed by atoms with E-state index < -0.39 is 0 Å². The van der Waals surface area contributed by atoms with Gasteiger partial charge in [-0.2, -0.15) is 0 Å². The van der Waals surface area contributed by atoms with Crippen LogP contribution >= 0.6 is 22.9 Å². The maximum atomic E-state index is 13.8. The number of carbonyl (C=O) groups is 1. The Labute approximate surface area is 189 Å². The Morgan fingerprint density at radius 1 is 1.13 bits per heavy atom. The van der Waals surface area contributed by atoms with Gasteiger partial charge in [0.05, 0.1) is 6.61 Å². The van der Waals surface area contributed by atoms with Crippen LogP contribution in [0.25, 0.3) is 21.2 Å². The fourth-order valence-corrected chi connectivity index (χ4v) is 5.31. The molecule has 0 aliphatic rings. The highest BCUT2D eigenvalue weighted by Crippen LogP contribution is 2.39. The van der Waals surface area contributed by atoms with Crippen molar-refractivity contribution in [2.75, 3.05) is 13.2 Å². The maximum Gasteiger partial charge on any atom is 0.251 e. The number of aliphatic hydroxyl groups excluding tert-OH is 1. The third-order valence-corrected chi connectivity index (χ3v) is 6.74. The molecule has 0 fully saturated rings. The van der Waals surface area contributed by atoms with Crippen molar-refractivity contribution in [2.45, 2.75) is 13.3 Å². The van der Waals surface area contributed by atoms with Gasteiger partial charge in [0.15, 0.2) is 0 Å². The highest BCUT2D eigenvalue weighted by atomic mass is 35.5. The quantitative estimate of drug-likeness (QED) is 0.377. The Morgan fingerprint density at radius 2 is 1.94 bits per heavy atom. The molecule has 4 aromatic rings. The van der Waals surface area contributed by atoms with Crippen LogP contribution in [-0.4, -0.2) is 24.2 Å². The van der Waals surface area contributed by atoms with Crippen molar-refractivity contribution >= 4 is 38.9 Å². The number of aryl methyl sites for hydroxylation is 1. The van der Waals surface area contributed by atoms with Crippen LogP contribution in [0.3, 0.4) is 0 Å². The fourth-order valence-electron chi connectivity index (χ4n) is 3.69. The van der Waals surface area contributed by atoms with E-state index in [0.717, 1.165) is 31.7 Å². The number of amides is 1. The molecule has 2 N–H and O–H groups in total. The number of rotatable bonds is 6. The van der Waals surface area contributed by atoms with Crippen LogP contribution in [0.1, 0.15) is 26.4 Å². The topological polar surface area (TPSA) is 49.3 Å². The molecule has 0 unspecified atom stereocenters. The summed E-state index contributed by atoms with van der Waals surface area (Å²) >= 11 is 7.71. The molecule has 0 saturated carbocycles. The zero-order chi connectivity index (χ0) is 22.0. The van der Waals surface area contributed by atoms with Crippen LogP contribution in [-0.2, 0) is 6.42 Å². The summed E-state index contributed by atoms with van der Waals surface area (Å²) in [6.07, 6.45) is 0.603. The van der Waals surface area contributed by atoms with Gasteiger partial charge in [-0.15, -0.1) is 11.3 Å².